The van der Waals surface area contributed by atoms with Crippen molar-refractivity contribution < 1.29 is 17.9 Å². The number of aryl methyl sites for hydroxylation is 1. The first kappa shape index (κ1) is 29.2. The third-order valence-corrected chi connectivity index (χ3v) is 9.46. The Balaban J connectivity index is 1.05. The van der Waals surface area contributed by atoms with Crippen LogP contribution in [0, 0.1) is 5.92 Å². The maximum Gasteiger partial charge on any atom is 0.226 e. The summed E-state index contributed by atoms with van der Waals surface area (Å²) in [7, 11) is -3.01. The van der Waals surface area contributed by atoms with Gasteiger partial charge >= 0.3 is 0 Å². The Kier molecular flexibility index (Phi) is 8.38. The van der Waals surface area contributed by atoms with Crippen LogP contribution < -0.4 is 10.1 Å². The van der Waals surface area contributed by atoms with Gasteiger partial charge in [-0.3, -0.25) is 4.79 Å². The highest BCUT2D eigenvalue weighted by Gasteiger charge is 2.32. The van der Waals surface area contributed by atoms with E-state index in [0.717, 1.165) is 73.4 Å². The second kappa shape index (κ2) is 12.4. The normalized spacial score (nSPS) is 18.9. The average molecular weight is 606 g/mol. The molecule has 4 aromatic rings. The summed E-state index contributed by atoms with van der Waals surface area (Å²) in [6, 6.07) is 9.87. The predicted molar refractivity (Wildman–Crippen MR) is 165 cm³/mol. The zero-order valence-electron chi connectivity index (χ0n) is 24.8. The first-order chi connectivity index (χ1) is 20.8. The number of carbonyl (C=O) groups is 1. The molecule has 1 aromatic carbocycles. The van der Waals surface area contributed by atoms with E-state index in [9.17, 15) is 13.2 Å². The first-order valence-electron chi connectivity index (χ1n) is 15.1. The number of carbonyl (C=O) groups excluding carboxylic acids is 1. The zero-order chi connectivity index (χ0) is 30.0. The monoisotopic (exact) mass is 605 g/mol. The van der Waals surface area contributed by atoms with Crippen LogP contribution in [0.25, 0.3) is 16.7 Å². The van der Waals surface area contributed by atoms with Gasteiger partial charge in [0.15, 0.2) is 0 Å². The fourth-order valence-corrected chi connectivity index (χ4v) is 6.76. The molecule has 0 bridgehead atoms. The van der Waals surface area contributed by atoms with E-state index in [0.29, 0.717) is 31.3 Å². The molecule has 11 nitrogen and oxygen atoms in total. The molecule has 1 saturated carbocycles. The molecule has 1 aliphatic heterocycles. The Hall–Kier alpha value is -3.93. The van der Waals surface area contributed by atoms with Crippen molar-refractivity contribution in [3.63, 3.8) is 0 Å². The van der Waals surface area contributed by atoms with Crippen LogP contribution in [-0.4, -0.2) is 74.5 Å². The van der Waals surface area contributed by atoms with Gasteiger partial charge in [0.2, 0.25) is 11.9 Å². The van der Waals surface area contributed by atoms with Gasteiger partial charge in [-0.05, 0) is 62.8 Å². The minimum atomic E-state index is -3.01. The molecule has 1 aliphatic carbocycles. The van der Waals surface area contributed by atoms with Gasteiger partial charge in [0.1, 0.15) is 27.2 Å². The number of benzene rings is 1. The van der Waals surface area contributed by atoms with Gasteiger partial charge < -0.3 is 24.1 Å². The highest BCUT2D eigenvalue weighted by atomic mass is 32.2. The summed E-state index contributed by atoms with van der Waals surface area (Å²) >= 11 is 0. The van der Waals surface area contributed by atoms with Crippen LogP contribution in [0.2, 0.25) is 0 Å². The van der Waals surface area contributed by atoms with Crippen molar-refractivity contribution in [3.8, 4) is 11.6 Å². The molecule has 4 heterocycles. The highest BCUT2D eigenvalue weighted by Crippen LogP contribution is 2.30. The lowest BCUT2D eigenvalue weighted by Gasteiger charge is -2.34. The van der Waals surface area contributed by atoms with E-state index in [-0.39, 0.29) is 23.6 Å². The molecule has 43 heavy (non-hydrogen) atoms. The maximum absolute atomic E-state index is 13.3. The number of aromatic nitrogens is 5. The molecule has 0 radical (unpaired) electrons. The fourth-order valence-electron chi connectivity index (χ4n) is 6.12. The Morgan fingerprint density at radius 1 is 1.09 bits per heavy atom. The molecule has 2 aliphatic rings. The van der Waals surface area contributed by atoms with Crippen molar-refractivity contribution in [1.29, 1.82) is 0 Å². The fraction of sp³-hybridized carbons (Fsp3) is 0.484. The minimum Gasteiger partial charge on any atom is -0.493 e. The zero-order valence-corrected chi connectivity index (χ0v) is 25.6. The standard InChI is InChI=1S/C31H39N7O4S/c1-3-23-20-36-16-17-37(21-29(36)33-23)30(39)22-8-10-24(11-9-22)34-31-32-14-12-28(35-31)38-15-13-25-26(38)6-4-7-27(25)42-18-5-19-43(2,40)41/h4,6-7,12-15,20,22,24H,3,5,8-11,16-19,21H2,1-2H3,(H,32,34,35). The molecule has 1 fully saturated rings. The molecule has 0 unspecified atom stereocenters. The van der Waals surface area contributed by atoms with Gasteiger partial charge in [-0.25, -0.2) is 18.4 Å². The van der Waals surface area contributed by atoms with Crippen LogP contribution in [0.5, 0.6) is 5.75 Å². The molecular formula is C31H39N7O4S. The van der Waals surface area contributed by atoms with Crippen molar-refractivity contribution in [1.82, 2.24) is 29.0 Å². The van der Waals surface area contributed by atoms with Gasteiger partial charge in [0.05, 0.1) is 30.1 Å². The minimum absolute atomic E-state index is 0.0477. The van der Waals surface area contributed by atoms with Gasteiger partial charge in [-0.1, -0.05) is 13.0 Å². The molecule has 0 saturated heterocycles. The number of ether oxygens (including phenoxy) is 1. The Morgan fingerprint density at radius 2 is 1.93 bits per heavy atom. The van der Waals surface area contributed by atoms with Crippen molar-refractivity contribution >= 4 is 32.6 Å². The third kappa shape index (κ3) is 6.69. The van der Waals surface area contributed by atoms with Crippen LogP contribution in [0.15, 0.2) is 48.9 Å². The van der Waals surface area contributed by atoms with Crippen LogP contribution in [0.4, 0.5) is 5.95 Å². The summed E-state index contributed by atoms with van der Waals surface area (Å²) in [6.45, 7) is 4.59. The van der Waals surface area contributed by atoms with Crippen molar-refractivity contribution in [2.45, 2.75) is 64.6 Å². The van der Waals surface area contributed by atoms with Gasteiger partial charge in [0, 0.05) is 55.3 Å². The molecule has 1 N–H and O–H groups in total. The first-order valence-corrected chi connectivity index (χ1v) is 17.2. The molecular weight excluding hydrogens is 566 g/mol. The van der Waals surface area contributed by atoms with Crippen LogP contribution in [0.1, 0.15) is 50.5 Å². The number of nitrogens with one attached hydrogen (secondary N) is 1. The SMILES string of the molecule is CCc1cn2c(n1)CN(C(=O)C1CCC(Nc3nccc(-n4ccc5c(OCCCS(C)(=O)=O)cccc54)n3)CC1)CC2. The summed E-state index contributed by atoms with van der Waals surface area (Å²) in [5.74, 6) is 3.41. The third-order valence-electron chi connectivity index (χ3n) is 8.43. The van der Waals surface area contributed by atoms with E-state index in [4.69, 9.17) is 14.7 Å². The summed E-state index contributed by atoms with van der Waals surface area (Å²) < 4.78 is 32.9. The molecule has 1 amide bonds. The maximum atomic E-state index is 13.3. The summed E-state index contributed by atoms with van der Waals surface area (Å²) in [5, 5.41) is 4.43. The average Bonchev–Trinajstić information content (AvgIpc) is 3.63. The van der Waals surface area contributed by atoms with E-state index in [1.54, 1.807) is 6.20 Å². The Morgan fingerprint density at radius 3 is 2.72 bits per heavy atom. The molecule has 3 aromatic heterocycles. The molecule has 12 heteroatoms. The Bertz CT molecular complexity index is 1710. The summed E-state index contributed by atoms with van der Waals surface area (Å²) in [4.78, 5) is 29.3. The number of hydrogen-bond donors (Lipinski definition) is 1. The number of hydrogen-bond acceptors (Lipinski definition) is 8. The highest BCUT2D eigenvalue weighted by molar-refractivity contribution is 7.90. The quantitative estimate of drug-likeness (QED) is 0.269. The lowest BCUT2D eigenvalue weighted by atomic mass is 9.85. The Labute approximate surface area is 252 Å². The molecule has 228 valence electrons. The number of rotatable bonds is 10. The van der Waals surface area contributed by atoms with E-state index in [1.807, 2.05) is 46.0 Å². The van der Waals surface area contributed by atoms with Gasteiger partial charge in [-0.2, -0.15) is 4.98 Å². The smallest absolute Gasteiger partial charge is 0.226 e. The number of fused-ring (bicyclic) bond motifs is 2. The number of anilines is 1. The van der Waals surface area contributed by atoms with E-state index in [2.05, 4.69) is 28.0 Å². The molecule has 0 atom stereocenters. The molecule has 6 rings (SSSR count). The number of sulfone groups is 1. The predicted octanol–water partition coefficient (Wildman–Crippen LogP) is 4.01. The van der Waals surface area contributed by atoms with Crippen molar-refractivity contribution in [2.75, 3.05) is 30.5 Å². The van der Waals surface area contributed by atoms with E-state index in [1.165, 1.54) is 6.26 Å². The topological polar surface area (TPSA) is 124 Å². The number of amides is 1. The lowest BCUT2D eigenvalue weighted by molar-refractivity contribution is -0.138. The number of imidazole rings is 1. The van der Waals surface area contributed by atoms with E-state index < -0.39 is 9.84 Å². The van der Waals surface area contributed by atoms with E-state index >= 15 is 0 Å². The largest absolute Gasteiger partial charge is 0.493 e. The van der Waals surface area contributed by atoms with Crippen molar-refractivity contribution in [2.24, 2.45) is 5.92 Å². The second-order valence-electron chi connectivity index (χ2n) is 11.6. The van der Waals surface area contributed by atoms with Crippen LogP contribution in [0.3, 0.4) is 0 Å². The lowest BCUT2D eigenvalue weighted by Crippen LogP contribution is -2.43. The van der Waals surface area contributed by atoms with Crippen LogP contribution in [-0.2, 0) is 34.1 Å². The van der Waals surface area contributed by atoms with Crippen LogP contribution >= 0.6 is 0 Å². The second-order valence-corrected chi connectivity index (χ2v) is 13.9. The van der Waals surface area contributed by atoms with Crippen molar-refractivity contribution in [3.05, 3.63) is 60.4 Å². The number of nitrogens with zero attached hydrogens (tertiary/aromatic N) is 6. The summed E-state index contributed by atoms with van der Waals surface area (Å²) in [6.07, 6.45) is 11.9. The van der Waals surface area contributed by atoms with Gasteiger partial charge in [0.25, 0.3) is 0 Å². The molecule has 0 spiro atoms. The van der Waals surface area contributed by atoms with Gasteiger partial charge in [-0.15, -0.1) is 0 Å². The summed E-state index contributed by atoms with van der Waals surface area (Å²) in [5.41, 5.74) is 2.03.